The summed E-state index contributed by atoms with van der Waals surface area (Å²) < 4.78 is 6.52. The molecule has 0 aliphatic carbocycles. The van der Waals surface area contributed by atoms with E-state index in [9.17, 15) is 9.59 Å². The normalized spacial score (nSPS) is 10.5. The van der Waals surface area contributed by atoms with Gasteiger partial charge >= 0.3 is 5.97 Å². The lowest BCUT2D eigenvalue weighted by Crippen LogP contribution is -2.19. The van der Waals surface area contributed by atoms with Gasteiger partial charge in [-0.05, 0) is 37.4 Å². The molecule has 3 rings (SSSR count). The number of carbonyl (C=O) groups excluding carboxylic acids is 1. The molecule has 2 heterocycles. The van der Waals surface area contributed by atoms with E-state index >= 15 is 0 Å². The van der Waals surface area contributed by atoms with E-state index in [2.05, 4.69) is 4.98 Å². The number of rotatable bonds is 3. The highest BCUT2D eigenvalue weighted by Gasteiger charge is 2.18. The van der Waals surface area contributed by atoms with Crippen LogP contribution in [0.1, 0.15) is 19.5 Å². The lowest BCUT2D eigenvalue weighted by molar-refractivity contribution is -0.141. The molecule has 0 saturated heterocycles. The number of halogens is 1. The smallest absolute Gasteiger partial charge is 0.325 e. The molecule has 5 nitrogen and oxygen atoms in total. The van der Waals surface area contributed by atoms with Crippen molar-refractivity contribution in [3.8, 4) is 0 Å². The average molecular weight is 393 g/mol. The predicted molar refractivity (Wildman–Crippen MR) is 108 cm³/mol. The summed E-state index contributed by atoms with van der Waals surface area (Å²) in [7, 11) is 1.33. The maximum atomic E-state index is 12.9. The molecular formula is C19H21ClN2O3S. The fourth-order valence-corrected chi connectivity index (χ4v) is 3.78. The van der Waals surface area contributed by atoms with Gasteiger partial charge in [-0.1, -0.05) is 25.4 Å². The Morgan fingerprint density at radius 3 is 2.50 bits per heavy atom. The number of thioether (sulfide) groups is 1. The molecule has 0 N–H and O–H groups in total. The van der Waals surface area contributed by atoms with Crippen molar-refractivity contribution in [3.63, 3.8) is 0 Å². The van der Waals surface area contributed by atoms with Crippen LogP contribution in [0.5, 0.6) is 0 Å². The van der Waals surface area contributed by atoms with Gasteiger partial charge in [0.15, 0.2) is 5.43 Å². The van der Waals surface area contributed by atoms with Gasteiger partial charge in [-0.15, -0.1) is 11.8 Å². The minimum absolute atomic E-state index is 0.0475. The Balaban J connectivity index is 0.00000117. The molecule has 0 saturated carbocycles. The van der Waals surface area contributed by atoms with Crippen molar-refractivity contribution in [2.24, 2.45) is 0 Å². The fraction of sp³-hybridized carbons (Fsp3) is 0.316. The number of esters is 1. The minimum Gasteiger partial charge on any atom is -0.468 e. The van der Waals surface area contributed by atoms with Crippen LogP contribution in [0, 0.1) is 6.92 Å². The van der Waals surface area contributed by atoms with Crippen LogP contribution in [-0.2, 0) is 16.1 Å². The molecule has 0 radical (unpaired) electrons. The number of benzene rings is 1. The zero-order valence-corrected chi connectivity index (χ0v) is 17.0. The van der Waals surface area contributed by atoms with Crippen molar-refractivity contribution in [3.05, 3.63) is 45.2 Å². The van der Waals surface area contributed by atoms with Crippen molar-refractivity contribution < 1.29 is 9.53 Å². The molecule has 0 aliphatic rings. The van der Waals surface area contributed by atoms with Crippen LogP contribution in [0.15, 0.2) is 34.0 Å². The number of ether oxygens (including phenoxy) is 1. The minimum atomic E-state index is -0.420. The Morgan fingerprint density at radius 2 is 1.88 bits per heavy atom. The Labute approximate surface area is 161 Å². The molecule has 0 spiro atoms. The second-order valence-corrected chi connectivity index (χ2v) is 6.52. The molecule has 7 heteroatoms. The molecule has 0 bridgehead atoms. The average Bonchev–Trinajstić information content (AvgIpc) is 2.66. The first-order valence-electron chi connectivity index (χ1n) is 8.21. The fourth-order valence-electron chi connectivity index (χ4n) is 2.72. The van der Waals surface area contributed by atoms with Crippen LogP contribution in [0.25, 0.3) is 21.9 Å². The molecule has 0 amide bonds. The highest BCUT2D eigenvalue weighted by atomic mass is 35.5. The van der Waals surface area contributed by atoms with Crippen molar-refractivity contribution in [2.75, 3.05) is 13.4 Å². The van der Waals surface area contributed by atoms with E-state index in [-0.39, 0.29) is 12.0 Å². The summed E-state index contributed by atoms with van der Waals surface area (Å²) in [5, 5.41) is 1.50. The first-order chi connectivity index (χ1) is 12.5. The van der Waals surface area contributed by atoms with Gasteiger partial charge in [-0.25, -0.2) is 4.98 Å². The van der Waals surface area contributed by atoms with Gasteiger partial charge in [0, 0.05) is 11.1 Å². The number of carbonyl (C=O) groups is 1. The van der Waals surface area contributed by atoms with E-state index in [0.717, 1.165) is 10.6 Å². The summed E-state index contributed by atoms with van der Waals surface area (Å²) >= 11 is 7.73. The molecule has 1 aromatic carbocycles. The number of hydrogen-bond acceptors (Lipinski definition) is 5. The third kappa shape index (κ3) is 3.57. The number of nitrogens with zero attached hydrogens (tertiary/aromatic N) is 2. The van der Waals surface area contributed by atoms with E-state index in [4.69, 9.17) is 16.3 Å². The molecule has 3 aromatic rings. The Morgan fingerprint density at radius 1 is 1.23 bits per heavy atom. The lowest BCUT2D eigenvalue weighted by atomic mass is 10.1. The van der Waals surface area contributed by atoms with E-state index in [1.54, 1.807) is 28.8 Å². The molecule has 0 atom stereocenters. The molecule has 26 heavy (non-hydrogen) atoms. The highest BCUT2D eigenvalue weighted by molar-refractivity contribution is 7.99. The highest BCUT2D eigenvalue weighted by Crippen LogP contribution is 2.33. The third-order valence-electron chi connectivity index (χ3n) is 3.83. The van der Waals surface area contributed by atoms with Crippen LogP contribution < -0.4 is 5.43 Å². The summed E-state index contributed by atoms with van der Waals surface area (Å²) in [6.07, 6.45) is 1.88. The van der Waals surface area contributed by atoms with Crippen LogP contribution in [0.4, 0.5) is 0 Å². The molecular weight excluding hydrogens is 372 g/mol. The number of methoxy groups -OCH3 is 1. The summed E-state index contributed by atoms with van der Waals surface area (Å²) in [5.41, 5.74) is 1.69. The van der Waals surface area contributed by atoms with Crippen LogP contribution in [0.2, 0.25) is 5.02 Å². The zero-order chi connectivity index (χ0) is 19.4. The third-order valence-corrected chi connectivity index (χ3v) is 5.08. The SMILES string of the molecule is CC.COC(=O)Cn1c2nc(C)ccc2c(=O)c2ccc(Cl)c(SC)c21. The Bertz CT molecular complexity index is 1030. The topological polar surface area (TPSA) is 61.2 Å². The van der Waals surface area contributed by atoms with E-state index in [1.165, 1.54) is 18.9 Å². The standard InChI is InChI=1S/C17H15ClN2O3S.C2H6/c1-9-4-5-11-15(22)10-6-7-12(18)16(24-3)14(10)20(17(11)19-9)8-13(21)23-2;1-2/h4-7H,8H2,1-3H3;1-2H3. The van der Waals surface area contributed by atoms with Crippen molar-refractivity contribution in [2.45, 2.75) is 32.2 Å². The van der Waals surface area contributed by atoms with Gasteiger partial charge in [0.05, 0.1) is 27.9 Å². The van der Waals surface area contributed by atoms with Crippen LogP contribution in [0.3, 0.4) is 0 Å². The zero-order valence-electron chi connectivity index (χ0n) is 15.4. The van der Waals surface area contributed by atoms with Gasteiger partial charge in [0.25, 0.3) is 0 Å². The summed E-state index contributed by atoms with van der Waals surface area (Å²) in [5.74, 6) is -0.420. The second kappa shape index (κ2) is 8.56. The van der Waals surface area contributed by atoms with Crippen LogP contribution in [-0.4, -0.2) is 28.9 Å². The van der Waals surface area contributed by atoms with Gasteiger partial charge in [-0.2, -0.15) is 0 Å². The summed E-state index contributed by atoms with van der Waals surface area (Å²) in [6, 6.07) is 6.91. The number of aryl methyl sites for hydroxylation is 1. The van der Waals surface area contributed by atoms with Gasteiger partial charge in [0.2, 0.25) is 0 Å². The number of aromatic nitrogens is 2. The molecule has 0 unspecified atom stereocenters. The lowest BCUT2D eigenvalue weighted by Gasteiger charge is -2.16. The van der Waals surface area contributed by atoms with E-state index in [0.29, 0.717) is 27.0 Å². The molecule has 138 valence electrons. The first kappa shape index (κ1) is 20.3. The molecule has 0 fully saturated rings. The van der Waals surface area contributed by atoms with Crippen molar-refractivity contribution >= 4 is 51.3 Å². The quantitative estimate of drug-likeness (QED) is 0.375. The van der Waals surface area contributed by atoms with E-state index in [1.807, 2.05) is 27.0 Å². The predicted octanol–water partition coefficient (Wildman–Crippen LogP) is 4.43. The summed E-state index contributed by atoms with van der Waals surface area (Å²) in [6.45, 7) is 5.79. The number of fused-ring (bicyclic) bond motifs is 2. The maximum absolute atomic E-state index is 12.9. The number of pyridine rings is 2. The van der Waals surface area contributed by atoms with Crippen LogP contribution >= 0.6 is 23.4 Å². The summed E-state index contributed by atoms with van der Waals surface area (Å²) in [4.78, 5) is 30.0. The monoisotopic (exact) mass is 392 g/mol. The molecule has 0 aliphatic heterocycles. The Kier molecular flexibility index (Phi) is 6.67. The van der Waals surface area contributed by atoms with E-state index < -0.39 is 5.97 Å². The first-order valence-corrected chi connectivity index (χ1v) is 9.81. The van der Waals surface area contributed by atoms with Crippen molar-refractivity contribution in [1.82, 2.24) is 9.55 Å². The number of hydrogen-bond donors (Lipinski definition) is 0. The van der Waals surface area contributed by atoms with Gasteiger partial charge in [0.1, 0.15) is 12.2 Å². The van der Waals surface area contributed by atoms with Gasteiger partial charge < -0.3 is 9.30 Å². The molecule has 2 aromatic heterocycles. The van der Waals surface area contributed by atoms with Crippen molar-refractivity contribution in [1.29, 1.82) is 0 Å². The maximum Gasteiger partial charge on any atom is 0.325 e. The van der Waals surface area contributed by atoms with Gasteiger partial charge in [-0.3, -0.25) is 9.59 Å². The largest absolute Gasteiger partial charge is 0.468 e. The second-order valence-electron chi connectivity index (χ2n) is 5.29. The Hall–Kier alpha value is -2.05.